The van der Waals surface area contributed by atoms with E-state index in [2.05, 4.69) is 5.32 Å². The predicted molar refractivity (Wildman–Crippen MR) is 55.2 cm³/mol. The summed E-state index contributed by atoms with van der Waals surface area (Å²) < 4.78 is 9.75. The third-order valence-electron chi connectivity index (χ3n) is 1.80. The van der Waals surface area contributed by atoms with Gasteiger partial charge >= 0.3 is 5.97 Å². The first-order valence-electron chi connectivity index (χ1n) is 5.08. The molecule has 14 heavy (non-hydrogen) atoms. The summed E-state index contributed by atoms with van der Waals surface area (Å²) in [6.07, 6.45) is 1.39. The first-order chi connectivity index (χ1) is 6.70. The van der Waals surface area contributed by atoms with Gasteiger partial charge in [-0.25, -0.2) is 0 Å². The molecule has 0 amide bonds. The van der Waals surface area contributed by atoms with E-state index in [0.717, 1.165) is 19.6 Å². The third-order valence-corrected chi connectivity index (χ3v) is 1.80. The Morgan fingerprint density at radius 1 is 1.50 bits per heavy atom. The lowest BCUT2D eigenvalue weighted by molar-refractivity contribution is -0.143. The second-order valence-electron chi connectivity index (χ2n) is 3.21. The predicted octanol–water partition coefficient (Wildman–Crippen LogP) is 0.954. The molecule has 4 heteroatoms. The van der Waals surface area contributed by atoms with Gasteiger partial charge in [-0.15, -0.1) is 0 Å². The summed E-state index contributed by atoms with van der Waals surface area (Å²) in [5.74, 6) is -0.140. The summed E-state index contributed by atoms with van der Waals surface area (Å²) >= 11 is 0. The smallest absolute Gasteiger partial charge is 0.307 e. The van der Waals surface area contributed by atoms with Crippen LogP contribution in [0.2, 0.25) is 0 Å². The van der Waals surface area contributed by atoms with Crippen LogP contribution in [0.1, 0.15) is 26.7 Å². The molecular weight excluding hydrogens is 182 g/mol. The first kappa shape index (κ1) is 13.4. The van der Waals surface area contributed by atoms with Crippen molar-refractivity contribution in [3.63, 3.8) is 0 Å². The minimum atomic E-state index is -0.140. The maximum absolute atomic E-state index is 11.1. The number of ether oxygens (including phenoxy) is 2. The minimum Gasteiger partial charge on any atom is -0.466 e. The van der Waals surface area contributed by atoms with E-state index < -0.39 is 0 Å². The molecule has 0 rings (SSSR count). The molecule has 0 aromatic carbocycles. The molecule has 0 aliphatic carbocycles. The van der Waals surface area contributed by atoms with Gasteiger partial charge in [-0.1, -0.05) is 0 Å². The SMILES string of the molecule is CCOC(=O)CC(C)NCCCOC. The van der Waals surface area contributed by atoms with Crippen LogP contribution in [-0.4, -0.2) is 38.9 Å². The van der Waals surface area contributed by atoms with Gasteiger partial charge in [0.05, 0.1) is 13.0 Å². The summed E-state index contributed by atoms with van der Waals surface area (Å²) in [5, 5.41) is 3.23. The third kappa shape index (κ3) is 8.01. The van der Waals surface area contributed by atoms with Crippen LogP contribution in [-0.2, 0) is 14.3 Å². The normalized spacial score (nSPS) is 12.5. The van der Waals surface area contributed by atoms with E-state index in [0.29, 0.717) is 13.0 Å². The van der Waals surface area contributed by atoms with Crippen LogP contribution in [0, 0.1) is 0 Å². The van der Waals surface area contributed by atoms with Gasteiger partial charge in [0.25, 0.3) is 0 Å². The van der Waals surface area contributed by atoms with Gasteiger partial charge in [0.1, 0.15) is 0 Å². The number of hydrogen-bond donors (Lipinski definition) is 1. The quantitative estimate of drug-likeness (QED) is 0.471. The Bertz CT molecular complexity index is 150. The summed E-state index contributed by atoms with van der Waals surface area (Å²) in [7, 11) is 1.68. The van der Waals surface area contributed by atoms with Crippen molar-refractivity contribution in [1.29, 1.82) is 0 Å². The molecule has 0 fully saturated rings. The van der Waals surface area contributed by atoms with Crippen molar-refractivity contribution in [3.8, 4) is 0 Å². The monoisotopic (exact) mass is 203 g/mol. The van der Waals surface area contributed by atoms with E-state index in [1.165, 1.54) is 0 Å². The molecule has 0 aromatic rings. The van der Waals surface area contributed by atoms with Gasteiger partial charge in [-0.2, -0.15) is 0 Å². The Morgan fingerprint density at radius 3 is 2.79 bits per heavy atom. The zero-order valence-electron chi connectivity index (χ0n) is 9.34. The van der Waals surface area contributed by atoms with E-state index in [1.54, 1.807) is 7.11 Å². The molecule has 1 atom stereocenters. The second-order valence-corrected chi connectivity index (χ2v) is 3.21. The Morgan fingerprint density at radius 2 is 2.21 bits per heavy atom. The molecule has 0 heterocycles. The fourth-order valence-corrected chi connectivity index (χ4v) is 1.11. The molecule has 4 nitrogen and oxygen atoms in total. The van der Waals surface area contributed by atoms with Crippen LogP contribution >= 0.6 is 0 Å². The lowest BCUT2D eigenvalue weighted by Crippen LogP contribution is -2.30. The number of nitrogens with one attached hydrogen (secondary N) is 1. The van der Waals surface area contributed by atoms with Gasteiger partial charge < -0.3 is 14.8 Å². The molecule has 0 aromatic heterocycles. The Hall–Kier alpha value is -0.610. The molecule has 0 saturated heterocycles. The number of carbonyl (C=O) groups excluding carboxylic acids is 1. The van der Waals surface area contributed by atoms with Crippen molar-refractivity contribution < 1.29 is 14.3 Å². The first-order valence-corrected chi connectivity index (χ1v) is 5.08. The average Bonchev–Trinajstić information content (AvgIpc) is 2.13. The lowest BCUT2D eigenvalue weighted by atomic mass is 10.2. The maximum Gasteiger partial charge on any atom is 0.307 e. The van der Waals surface area contributed by atoms with Gasteiger partial charge in [0.15, 0.2) is 0 Å². The zero-order chi connectivity index (χ0) is 10.8. The maximum atomic E-state index is 11.1. The van der Waals surface area contributed by atoms with Crippen LogP contribution in [0.3, 0.4) is 0 Å². The Kier molecular flexibility index (Phi) is 8.57. The highest BCUT2D eigenvalue weighted by molar-refractivity contribution is 5.69. The number of hydrogen-bond acceptors (Lipinski definition) is 4. The van der Waals surface area contributed by atoms with Crippen LogP contribution in [0.25, 0.3) is 0 Å². The van der Waals surface area contributed by atoms with Crippen molar-refractivity contribution in [2.75, 3.05) is 26.9 Å². The van der Waals surface area contributed by atoms with Crippen molar-refractivity contribution in [2.24, 2.45) is 0 Å². The van der Waals surface area contributed by atoms with Gasteiger partial charge in [-0.05, 0) is 26.8 Å². The molecular formula is C10H21NO3. The highest BCUT2D eigenvalue weighted by atomic mass is 16.5. The summed E-state index contributed by atoms with van der Waals surface area (Å²) in [6, 6.07) is 0.172. The largest absolute Gasteiger partial charge is 0.466 e. The molecule has 1 N–H and O–H groups in total. The van der Waals surface area contributed by atoms with Crippen molar-refractivity contribution in [3.05, 3.63) is 0 Å². The van der Waals surface area contributed by atoms with E-state index in [1.807, 2.05) is 13.8 Å². The second kappa shape index (κ2) is 8.97. The summed E-state index contributed by atoms with van der Waals surface area (Å²) in [5.41, 5.74) is 0. The van der Waals surface area contributed by atoms with Crippen LogP contribution < -0.4 is 5.32 Å². The van der Waals surface area contributed by atoms with Crippen molar-refractivity contribution in [1.82, 2.24) is 5.32 Å². The molecule has 0 saturated carbocycles. The molecule has 0 radical (unpaired) electrons. The van der Waals surface area contributed by atoms with Crippen LogP contribution in [0.4, 0.5) is 0 Å². The fraction of sp³-hybridized carbons (Fsp3) is 0.900. The van der Waals surface area contributed by atoms with E-state index in [9.17, 15) is 4.79 Å². The molecule has 0 aliphatic heterocycles. The minimum absolute atomic E-state index is 0.140. The Balaban J connectivity index is 3.35. The summed E-state index contributed by atoms with van der Waals surface area (Å²) in [4.78, 5) is 11.1. The van der Waals surface area contributed by atoms with Gasteiger partial charge in [-0.3, -0.25) is 4.79 Å². The van der Waals surface area contributed by atoms with Crippen molar-refractivity contribution in [2.45, 2.75) is 32.7 Å². The number of carbonyl (C=O) groups is 1. The molecule has 0 bridgehead atoms. The molecule has 0 aliphatic rings. The Labute approximate surface area is 86.0 Å². The van der Waals surface area contributed by atoms with Crippen molar-refractivity contribution >= 4 is 5.97 Å². The van der Waals surface area contributed by atoms with E-state index >= 15 is 0 Å². The topological polar surface area (TPSA) is 47.6 Å². The van der Waals surface area contributed by atoms with E-state index in [-0.39, 0.29) is 12.0 Å². The molecule has 84 valence electrons. The molecule has 1 unspecified atom stereocenters. The molecule has 0 spiro atoms. The fourth-order valence-electron chi connectivity index (χ4n) is 1.11. The van der Waals surface area contributed by atoms with Crippen LogP contribution in [0.15, 0.2) is 0 Å². The van der Waals surface area contributed by atoms with Gasteiger partial charge in [0.2, 0.25) is 0 Å². The average molecular weight is 203 g/mol. The number of methoxy groups -OCH3 is 1. The van der Waals surface area contributed by atoms with Crippen LogP contribution in [0.5, 0.6) is 0 Å². The number of esters is 1. The van der Waals surface area contributed by atoms with E-state index in [4.69, 9.17) is 9.47 Å². The highest BCUT2D eigenvalue weighted by Crippen LogP contribution is 1.94. The summed E-state index contributed by atoms with van der Waals surface area (Å²) in [6.45, 7) is 5.86. The standard InChI is InChI=1S/C10H21NO3/c1-4-14-10(12)8-9(2)11-6-5-7-13-3/h9,11H,4-8H2,1-3H3. The number of rotatable bonds is 8. The lowest BCUT2D eigenvalue weighted by Gasteiger charge is -2.12. The van der Waals surface area contributed by atoms with Gasteiger partial charge in [0, 0.05) is 19.8 Å². The highest BCUT2D eigenvalue weighted by Gasteiger charge is 2.08. The zero-order valence-corrected chi connectivity index (χ0v) is 9.34.